The number of nitrogens with one attached hydrogen (secondary N) is 2. The van der Waals surface area contributed by atoms with Gasteiger partial charge in [-0.15, -0.1) is 11.3 Å². The van der Waals surface area contributed by atoms with Crippen LogP contribution in [0.15, 0.2) is 28.2 Å². The van der Waals surface area contributed by atoms with Gasteiger partial charge in [0.1, 0.15) is 5.69 Å². The molecule has 0 aliphatic heterocycles. The van der Waals surface area contributed by atoms with Crippen molar-refractivity contribution in [3.63, 3.8) is 0 Å². The first kappa shape index (κ1) is 14.9. The lowest BCUT2D eigenvalue weighted by Gasteiger charge is -2.00. The van der Waals surface area contributed by atoms with E-state index in [9.17, 15) is 9.59 Å². The number of aromatic nitrogens is 2. The van der Waals surface area contributed by atoms with Crippen molar-refractivity contribution in [1.29, 1.82) is 0 Å². The molecule has 0 saturated heterocycles. The number of rotatable bonds is 3. The van der Waals surface area contributed by atoms with Gasteiger partial charge < -0.3 is 10.3 Å². The number of thiazole rings is 1. The molecule has 0 atom stereocenters. The summed E-state index contributed by atoms with van der Waals surface area (Å²) in [5.74, 6) is -0.489. The number of halogens is 1. The molecule has 0 fully saturated rings. The zero-order valence-electron chi connectivity index (χ0n) is 11.9. The minimum absolute atomic E-state index is 0.191. The third-order valence-corrected chi connectivity index (χ3v) is 4.75. The van der Waals surface area contributed by atoms with Crippen LogP contribution in [0.5, 0.6) is 0 Å². The number of nitrogens with zero attached hydrogens (tertiary/aromatic N) is 1. The highest BCUT2D eigenvalue weighted by atomic mass is 79.9. The van der Waals surface area contributed by atoms with Gasteiger partial charge in [-0.2, -0.15) is 0 Å². The minimum atomic E-state index is -0.298. The number of hydrogen-bond acceptors (Lipinski definition) is 4. The molecule has 112 valence electrons. The molecule has 0 aliphatic carbocycles. The van der Waals surface area contributed by atoms with Gasteiger partial charge in [-0.25, -0.2) is 4.98 Å². The van der Waals surface area contributed by atoms with E-state index in [4.69, 9.17) is 0 Å². The molecule has 0 unspecified atom stereocenters. The molecule has 5 nitrogen and oxygen atoms in total. The molecule has 0 bridgehead atoms. The van der Waals surface area contributed by atoms with Crippen LogP contribution in [0.2, 0.25) is 0 Å². The number of amides is 1. The number of ketones is 1. The topological polar surface area (TPSA) is 74.8 Å². The van der Waals surface area contributed by atoms with Gasteiger partial charge in [-0.05, 0) is 40.5 Å². The number of aromatic amines is 1. The predicted octanol–water partition coefficient (Wildman–Crippen LogP) is 3.29. The van der Waals surface area contributed by atoms with Crippen LogP contribution in [0.25, 0.3) is 10.9 Å². The molecular formula is C15H12BrN3O2S. The van der Waals surface area contributed by atoms with E-state index in [2.05, 4.69) is 31.2 Å². The average Bonchev–Trinajstić information content (AvgIpc) is 3.12. The summed E-state index contributed by atoms with van der Waals surface area (Å²) in [4.78, 5) is 31.4. The maximum Gasteiger partial charge on any atom is 0.270 e. The van der Waals surface area contributed by atoms with Gasteiger partial charge in [-0.3, -0.25) is 9.59 Å². The first-order chi connectivity index (χ1) is 10.5. The predicted molar refractivity (Wildman–Crippen MR) is 89.7 cm³/mol. The van der Waals surface area contributed by atoms with E-state index in [-0.39, 0.29) is 17.4 Å². The fraction of sp³-hybridized carbons (Fsp3) is 0.133. The molecule has 0 spiro atoms. The van der Waals surface area contributed by atoms with Crippen LogP contribution in [0.1, 0.15) is 31.4 Å². The summed E-state index contributed by atoms with van der Waals surface area (Å²) in [7, 11) is 1.53. The molecule has 2 heterocycles. The molecule has 2 aromatic heterocycles. The smallest absolute Gasteiger partial charge is 0.270 e. The van der Waals surface area contributed by atoms with Gasteiger partial charge in [0.2, 0.25) is 5.78 Å². The third-order valence-electron chi connectivity index (χ3n) is 3.29. The normalized spacial score (nSPS) is 10.9. The number of carbonyl (C=O) groups is 2. The highest BCUT2D eigenvalue weighted by Gasteiger charge is 2.20. The Morgan fingerprint density at radius 3 is 2.86 bits per heavy atom. The Morgan fingerprint density at radius 2 is 2.14 bits per heavy atom. The lowest BCUT2D eigenvalue weighted by atomic mass is 10.1. The van der Waals surface area contributed by atoms with Crippen LogP contribution in [-0.2, 0) is 0 Å². The van der Waals surface area contributed by atoms with E-state index in [0.717, 1.165) is 20.9 Å². The first-order valence-electron chi connectivity index (χ1n) is 6.50. The second-order valence-corrected chi connectivity index (χ2v) is 6.53. The standard InChI is InChI=1S/C15H12BrN3O2S/c1-7-3-8-9(5-18-12(8)10(16)4-7)13(20)15-19-11(6-22-15)14(21)17-2/h3-6,18H,1-2H3,(H,17,21). The van der Waals surface area contributed by atoms with E-state index in [1.54, 1.807) is 11.6 Å². The van der Waals surface area contributed by atoms with Gasteiger partial charge in [0.15, 0.2) is 5.01 Å². The lowest BCUT2D eigenvalue weighted by Crippen LogP contribution is -2.18. The van der Waals surface area contributed by atoms with Crippen molar-refractivity contribution in [1.82, 2.24) is 15.3 Å². The number of carbonyl (C=O) groups excluding carboxylic acids is 2. The lowest BCUT2D eigenvalue weighted by molar-refractivity contribution is 0.0959. The minimum Gasteiger partial charge on any atom is -0.360 e. The van der Waals surface area contributed by atoms with E-state index in [1.807, 2.05) is 19.1 Å². The summed E-state index contributed by atoms with van der Waals surface area (Å²) in [6.07, 6.45) is 1.68. The van der Waals surface area contributed by atoms with Crippen molar-refractivity contribution >= 4 is 49.9 Å². The molecule has 2 N–H and O–H groups in total. The van der Waals surface area contributed by atoms with E-state index < -0.39 is 0 Å². The Morgan fingerprint density at radius 1 is 1.36 bits per heavy atom. The Kier molecular flexibility index (Phi) is 3.84. The molecule has 0 aliphatic rings. The van der Waals surface area contributed by atoms with Crippen LogP contribution in [0.3, 0.4) is 0 Å². The molecule has 1 aromatic carbocycles. The highest BCUT2D eigenvalue weighted by Crippen LogP contribution is 2.29. The largest absolute Gasteiger partial charge is 0.360 e. The van der Waals surface area contributed by atoms with Crippen molar-refractivity contribution in [2.75, 3.05) is 7.05 Å². The monoisotopic (exact) mass is 377 g/mol. The van der Waals surface area contributed by atoms with Crippen molar-refractivity contribution in [3.05, 3.63) is 50.0 Å². The van der Waals surface area contributed by atoms with Crippen LogP contribution in [-0.4, -0.2) is 28.7 Å². The molecule has 0 saturated carbocycles. The second kappa shape index (κ2) is 5.66. The molecule has 1 amide bonds. The Labute approximate surface area is 138 Å². The van der Waals surface area contributed by atoms with Crippen LogP contribution >= 0.6 is 27.3 Å². The number of fused-ring (bicyclic) bond motifs is 1. The van der Waals surface area contributed by atoms with Crippen molar-refractivity contribution < 1.29 is 9.59 Å². The molecule has 3 aromatic rings. The summed E-state index contributed by atoms with van der Waals surface area (Å²) in [5.41, 5.74) is 2.74. The fourth-order valence-corrected chi connectivity index (χ4v) is 3.68. The van der Waals surface area contributed by atoms with Crippen LogP contribution in [0.4, 0.5) is 0 Å². The average molecular weight is 378 g/mol. The summed E-state index contributed by atoms with van der Waals surface area (Å²) < 4.78 is 0.909. The zero-order chi connectivity index (χ0) is 15.9. The molecule has 22 heavy (non-hydrogen) atoms. The Bertz CT molecular complexity index is 897. The number of hydrogen-bond donors (Lipinski definition) is 2. The quantitative estimate of drug-likeness (QED) is 0.687. The van der Waals surface area contributed by atoms with Crippen molar-refractivity contribution in [3.8, 4) is 0 Å². The van der Waals surface area contributed by atoms with E-state index >= 15 is 0 Å². The maximum absolute atomic E-state index is 12.6. The molecule has 7 heteroatoms. The maximum atomic E-state index is 12.6. The summed E-state index contributed by atoms with van der Waals surface area (Å²) in [5, 5.41) is 5.22. The number of H-pyrrole nitrogens is 1. The molecular weight excluding hydrogens is 366 g/mol. The summed E-state index contributed by atoms with van der Waals surface area (Å²) >= 11 is 4.66. The molecule has 0 radical (unpaired) electrons. The van der Waals surface area contributed by atoms with Crippen molar-refractivity contribution in [2.45, 2.75) is 6.92 Å². The second-order valence-electron chi connectivity index (χ2n) is 4.82. The van der Waals surface area contributed by atoms with Crippen LogP contribution in [0, 0.1) is 6.92 Å². The third kappa shape index (κ3) is 2.46. The number of aryl methyl sites for hydroxylation is 1. The highest BCUT2D eigenvalue weighted by molar-refractivity contribution is 9.10. The van der Waals surface area contributed by atoms with Gasteiger partial charge >= 0.3 is 0 Å². The first-order valence-corrected chi connectivity index (χ1v) is 8.18. The summed E-state index contributed by atoms with van der Waals surface area (Å²) in [6, 6.07) is 3.94. The van der Waals surface area contributed by atoms with Gasteiger partial charge in [0.05, 0.1) is 11.1 Å². The fourth-order valence-electron chi connectivity index (χ4n) is 2.24. The van der Waals surface area contributed by atoms with Gasteiger partial charge in [0.25, 0.3) is 5.91 Å². The summed E-state index contributed by atoms with van der Waals surface area (Å²) in [6.45, 7) is 1.97. The zero-order valence-corrected chi connectivity index (χ0v) is 14.3. The van der Waals surface area contributed by atoms with Crippen LogP contribution < -0.4 is 5.32 Å². The van der Waals surface area contributed by atoms with Gasteiger partial charge in [-0.1, -0.05) is 0 Å². The van der Waals surface area contributed by atoms with E-state index in [1.165, 1.54) is 18.4 Å². The van der Waals surface area contributed by atoms with E-state index in [0.29, 0.717) is 10.6 Å². The Balaban J connectivity index is 2.06. The number of benzene rings is 1. The van der Waals surface area contributed by atoms with Crippen molar-refractivity contribution in [2.24, 2.45) is 0 Å². The molecule has 3 rings (SSSR count). The Hall–Kier alpha value is -1.99. The SMILES string of the molecule is CNC(=O)c1csc(C(=O)c2c[nH]c3c(Br)cc(C)cc23)n1. The van der Waals surface area contributed by atoms with Gasteiger partial charge in [0, 0.05) is 28.5 Å².